The number of benzene rings is 1. The molecule has 10 nitrogen and oxygen atoms in total. The van der Waals surface area contributed by atoms with Gasteiger partial charge in [-0.25, -0.2) is 0 Å². The Labute approximate surface area is 244 Å². The number of carbonyl (C=O) groups excluding carboxylic acids is 2. The molecule has 42 heavy (non-hydrogen) atoms. The number of carbonyl (C=O) groups is 2. The van der Waals surface area contributed by atoms with Gasteiger partial charge < -0.3 is 14.4 Å². The van der Waals surface area contributed by atoms with Crippen LogP contribution in [-0.4, -0.2) is 126 Å². The highest BCUT2D eigenvalue weighted by Crippen LogP contribution is 2.29. The number of halogens is 3. The lowest BCUT2D eigenvalue weighted by Gasteiger charge is -2.37. The number of piperazine rings is 2. The van der Waals surface area contributed by atoms with E-state index in [1.165, 1.54) is 31.7 Å². The van der Waals surface area contributed by atoms with Gasteiger partial charge in [0.2, 0.25) is 0 Å². The highest BCUT2D eigenvalue weighted by molar-refractivity contribution is 7.86. The molecule has 5 rings (SSSR count). The van der Waals surface area contributed by atoms with Crippen LogP contribution in [0.4, 0.5) is 13.2 Å². The molecule has 232 valence electrons. The molecule has 0 aliphatic carbocycles. The van der Waals surface area contributed by atoms with Crippen molar-refractivity contribution in [1.29, 1.82) is 0 Å². The molecule has 2 amide bonds. The first kappa shape index (κ1) is 30.8. The summed E-state index contributed by atoms with van der Waals surface area (Å²) in [6.07, 6.45) is -1.97. The van der Waals surface area contributed by atoms with Crippen LogP contribution in [0.15, 0.2) is 24.3 Å². The van der Waals surface area contributed by atoms with E-state index in [4.69, 9.17) is 0 Å². The normalized spacial score (nSPS) is 20.5. The van der Waals surface area contributed by atoms with Crippen LogP contribution < -0.4 is 0 Å². The standard InChI is InChI=1S/C28H39F3N6O4S/c1-21(2)32-10-12-33(13-11-32)26(38)22-6-7-24-23(18-22)19-25(37(24)20-28(29,30)31)27(39)34-14-16-36(17-15-34)42(40,41)35-8-4-3-5-9-35/h6-7,18-19,21H,3-5,8-17,20H2,1-2H3. The molecule has 0 radical (unpaired) electrons. The molecule has 0 bridgehead atoms. The Kier molecular flexibility index (Phi) is 8.89. The van der Waals surface area contributed by atoms with Crippen molar-refractivity contribution in [2.75, 3.05) is 65.4 Å². The molecule has 4 heterocycles. The largest absolute Gasteiger partial charge is 0.406 e. The van der Waals surface area contributed by atoms with Crippen LogP contribution in [0.1, 0.15) is 54.0 Å². The van der Waals surface area contributed by atoms with Gasteiger partial charge in [0.15, 0.2) is 0 Å². The molecular formula is C28H39F3N6O4S. The van der Waals surface area contributed by atoms with Crippen LogP contribution in [0.2, 0.25) is 0 Å². The lowest BCUT2D eigenvalue weighted by atomic mass is 10.1. The molecule has 3 aliphatic heterocycles. The minimum atomic E-state index is -4.58. The van der Waals surface area contributed by atoms with Gasteiger partial charge in [0, 0.05) is 88.0 Å². The molecule has 0 spiro atoms. The number of piperidine rings is 1. The van der Waals surface area contributed by atoms with Gasteiger partial charge in [-0.05, 0) is 51.0 Å². The molecular weight excluding hydrogens is 573 g/mol. The van der Waals surface area contributed by atoms with Crippen molar-refractivity contribution < 1.29 is 31.2 Å². The zero-order chi connectivity index (χ0) is 30.2. The molecule has 14 heteroatoms. The zero-order valence-corrected chi connectivity index (χ0v) is 25.0. The van der Waals surface area contributed by atoms with Crippen LogP contribution in [0, 0.1) is 0 Å². The summed E-state index contributed by atoms with van der Waals surface area (Å²) in [5, 5.41) is 0.376. The van der Waals surface area contributed by atoms with Crippen LogP contribution in [0.3, 0.4) is 0 Å². The lowest BCUT2D eigenvalue weighted by Crippen LogP contribution is -2.55. The highest BCUT2D eigenvalue weighted by Gasteiger charge is 2.36. The van der Waals surface area contributed by atoms with Crippen LogP contribution in [-0.2, 0) is 16.8 Å². The fraction of sp³-hybridized carbons (Fsp3) is 0.643. The van der Waals surface area contributed by atoms with E-state index < -0.39 is 28.8 Å². The van der Waals surface area contributed by atoms with Crippen molar-refractivity contribution in [3.05, 3.63) is 35.5 Å². The van der Waals surface area contributed by atoms with E-state index in [1.807, 2.05) is 0 Å². The molecule has 3 aliphatic rings. The van der Waals surface area contributed by atoms with E-state index in [0.29, 0.717) is 43.2 Å². The first-order valence-corrected chi connectivity index (χ1v) is 16.0. The van der Waals surface area contributed by atoms with E-state index in [1.54, 1.807) is 11.0 Å². The van der Waals surface area contributed by atoms with Crippen molar-refractivity contribution in [3.8, 4) is 0 Å². The van der Waals surface area contributed by atoms with Gasteiger partial charge in [0.1, 0.15) is 12.2 Å². The predicted octanol–water partition coefficient (Wildman–Crippen LogP) is 2.86. The number of nitrogens with zero attached hydrogens (tertiary/aromatic N) is 6. The second-order valence-corrected chi connectivity index (χ2v) is 13.5. The van der Waals surface area contributed by atoms with Crippen molar-refractivity contribution in [3.63, 3.8) is 0 Å². The number of hydrogen-bond acceptors (Lipinski definition) is 5. The third kappa shape index (κ3) is 6.46. The SMILES string of the molecule is CC(C)N1CCN(C(=O)c2ccc3c(c2)cc(C(=O)N2CCN(S(=O)(=O)N4CCCCC4)CC2)n3CC(F)(F)F)CC1. The number of rotatable bonds is 6. The van der Waals surface area contributed by atoms with Gasteiger partial charge in [-0.3, -0.25) is 14.5 Å². The van der Waals surface area contributed by atoms with Gasteiger partial charge in [0.05, 0.1) is 0 Å². The minimum absolute atomic E-state index is 0.0749. The monoisotopic (exact) mass is 612 g/mol. The number of aromatic nitrogens is 1. The summed E-state index contributed by atoms with van der Waals surface area (Å²) in [5.74, 6) is -0.786. The minimum Gasteiger partial charge on any atom is -0.336 e. The average Bonchev–Trinajstić information content (AvgIpc) is 3.33. The van der Waals surface area contributed by atoms with Crippen molar-refractivity contribution in [2.45, 2.75) is 51.9 Å². The second-order valence-electron chi connectivity index (χ2n) is 11.6. The Balaban J connectivity index is 1.34. The van der Waals surface area contributed by atoms with Gasteiger partial charge in [-0.15, -0.1) is 0 Å². The Bertz CT molecular complexity index is 1400. The summed E-state index contributed by atoms with van der Waals surface area (Å²) < 4.78 is 70.8. The molecule has 3 fully saturated rings. The molecule has 3 saturated heterocycles. The second kappa shape index (κ2) is 12.1. The fourth-order valence-electron chi connectivity index (χ4n) is 6.10. The van der Waals surface area contributed by atoms with Crippen LogP contribution in [0.5, 0.6) is 0 Å². The first-order chi connectivity index (χ1) is 19.8. The van der Waals surface area contributed by atoms with Gasteiger partial charge in [-0.1, -0.05) is 6.42 Å². The fourth-order valence-corrected chi connectivity index (χ4v) is 7.77. The molecule has 1 aromatic carbocycles. The maximum atomic E-state index is 13.6. The zero-order valence-electron chi connectivity index (χ0n) is 24.1. The van der Waals surface area contributed by atoms with Gasteiger partial charge in [0.25, 0.3) is 22.0 Å². The molecule has 0 saturated carbocycles. The summed E-state index contributed by atoms with van der Waals surface area (Å²) in [7, 11) is -3.65. The summed E-state index contributed by atoms with van der Waals surface area (Å²) in [6, 6.07) is 6.33. The molecule has 0 unspecified atom stereocenters. The Morgan fingerprint density at radius 1 is 0.786 bits per heavy atom. The maximum absolute atomic E-state index is 13.6. The van der Waals surface area contributed by atoms with Crippen molar-refractivity contribution >= 4 is 32.9 Å². The smallest absolute Gasteiger partial charge is 0.336 e. The first-order valence-electron chi connectivity index (χ1n) is 14.6. The summed E-state index contributed by atoms with van der Waals surface area (Å²) in [6.45, 7) is 6.72. The number of fused-ring (bicyclic) bond motifs is 1. The van der Waals surface area contributed by atoms with Gasteiger partial charge in [-0.2, -0.15) is 30.2 Å². The summed E-state index contributed by atoms with van der Waals surface area (Å²) >= 11 is 0. The maximum Gasteiger partial charge on any atom is 0.406 e. The van der Waals surface area contributed by atoms with E-state index in [9.17, 15) is 31.2 Å². The molecule has 0 atom stereocenters. The number of hydrogen-bond donors (Lipinski definition) is 0. The van der Waals surface area contributed by atoms with Crippen molar-refractivity contribution in [2.24, 2.45) is 0 Å². The van der Waals surface area contributed by atoms with E-state index in [-0.39, 0.29) is 43.3 Å². The van der Waals surface area contributed by atoms with Crippen LogP contribution in [0.25, 0.3) is 10.9 Å². The molecule has 2 aromatic rings. The van der Waals surface area contributed by atoms with Gasteiger partial charge >= 0.3 is 6.18 Å². The predicted molar refractivity (Wildman–Crippen MR) is 152 cm³/mol. The van der Waals surface area contributed by atoms with E-state index >= 15 is 0 Å². The lowest BCUT2D eigenvalue weighted by molar-refractivity contribution is -0.140. The third-order valence-electron chi connectivity index (χ3n) is 8.53. The van der Waals surface area contributed by atoms with Crippen molar-refractivity contribution in [1.82, 2.24) is 27.9 Å². The summed E-state index contributed by atoms with van der Waals surface area (Å²) in [5.41, 5.74) is 0.438. The van der Waals surface area contributed by atoms with Crippen LogP contribution >= 0.6 is 0 Å². The van der Waals surface area contributed by atoms with E-state index in [0.717, 1.165) is 36.9 Å². The Morgan fingerprint density at radius 2 is 1.36 bits per heavy atom. The average molecular weight is 613 g/mol. The molecule has 1 aromatic heterocycles. The quantitative estimate of drug-likeness (QED) is 0.501. The highest BCUT2D eigenvalue weighted by atomic mass is 32.2. The third-order valence-corrected chi connectivity index (χ3v) is 10.6. The topological polar surface area (TPSA) is 89.4 Å². The summed E-state index contributed by atoms with van der Waals surface area (Å²) in [4.78, 5) is 32.2. The molecule has 0 N–H and O–H groups in total. The Morgan fingerprint density at radius 3 is 1.95 bits per heavy atom. The number of amides is 2. The van der Waals surface area contributed by atoms with E-state index in [2.05, 4.69) is 18.7 Å². The Hall–Kier alpha value is -2.68. The number of alkyl halides is 3.